The van der Waals surface area contributed by atoms with Gasteiger partial charge in [0.25, 0.3) is 5.91 Å². The van der Waals surface area contributed by atoms with Crippen LogP contribution in [0.1, 0.15) is 22.3 Å². The lowest BCUT2D eigenvalue weighted by molar-refractivity contribution is -0.137. The van der Waals surface area contributed by atoms with Gasteiger partial charge in [-0.1, -0.05) is 0 Å². The molecule has 8 heteroatoms. The van der Waals surface area contributed by atoms with Gasteiger partial charge < -0.3 is 14.2 Å². The van der Waals surface area contributed by atoms with Crippen molar-refractivity contribution in [2.45, 2.75) is 12.6 Å². The number of hydrogen-bond acceptors (Lipinski definition) is 4. The van der Waals surface area contributed by atoms with Gasteiger partial charge in [-0.25, -0.2) is 4.98 Å². The maximum atomic E-state index is 12.6. The summed E-state index contributed by atoms with van der Waals surface area (Å²) in [7, 11) is 0. The Hall–Kier alpha value is -2.51. The molecular weight excluding hydrogens is 323 g/mol. The molecule has 0 spiro atoms. The Morgan fingerprint density at radius 1 is 1.12 bits per heavy atom. The van der Waals surface area contributed by atoms with Gasteiger partial charge in [0.15, 0.2) is 0 Å². The number of carbonyl (C=O) groups is 1. The van der Waals surface area contributed by atoms with E-state index in [0.29, 0.717) is 44.0 Å². The second-order valence-electron chi connectivity index (χ2n) is 5.55. The molecule has 24 heavy (non-hydrogen) atoms. The van der Waals surface area contributed by atoms with E-state index in [1.807, 2.05) is 4.90 Å². The van der Waals surface area contributed by atoms with Crippen molar-refractivity contribution in [3.63, 3.8) is 0 Å². The fraction of sp³-hybridized carbons (Fsp3) is 0.375. The van der Waals surface area contributed by atoms with Crippen LogP contribution in [0.2, 0.25) is 0 Å². The topological polar surface area (TPSA) is 49.6 Å². The standard InChI is InChI=1S/C16H16F3N3O2/c17-16(18,19)13-2-3-14(20-10-13)21-5-1-6-22(8-7-21)15(23)12-4-9-24-11-12/h2-4,9-11H,1,5-8H2. The normalized spacial score (nSPS) is 16.1. The lowest BCUT2D eigenvalue weighted by Gasteiger charge is -2.23. The van der Waals surface area contributed by atoms with Gasteiger partial charge in [-0.2, -0.15) is 13.2 Å². The number of rotatable bonds is 2. The molecule has 5 nitrogen and oxygen atoms in total. The Bertz CT molecular complexity index is 684. The summed E-state index contributed by atoms with van der Waals surface area (Å²) in [5.41, 5.74) is -0.270. The Labute approximate surface area is 136 Å². The van der Waals surface area contributed by atoms with Gasteiger partial charge in [-0.05, 0) is 24.6 Å². The number of hydrogen-bond donors (Lipinski definition) is 0. The van der Waals surface area contributed by atoms with Crippen molar-refractivity contribution in [3.05, 3.63) is 48.0 Å². The van der Waals surface area contributed by atoms with Crippen LogP contribution in [0.4, 0.5) is 19.0 Å². The van der Waals surface area contributed by atoms with E-state index in [1.165, 1.54) is 18.6 Å². The van der Waals surface area contributed by atoms with Gasteiger partial charge >= 0.3 is 6.18 Å². The Morgan fingerprint density at radius 3 is 2.58 bits per heavy atom. The second kappa shape index (κ2) is 6.54. The average Bonchev–Trinajstić information content (AvgIpc) is 2.98. The summed E-state index contributed by atoms with van der Waals surface area (Å²) in [6, 6.07) is 4.01. The molecule has 0 radical (unpaired) electrons. The van der Waals surface area contributed by atoms with Gasteiger partial charge in [-0.15, -0.1) is 0 Å². The number of amides is 1. The SMILES string of the molecule is O=C(c1ccoc1)N1CCCN(c2ccc(C(F)(F)F)cn2)CC1. The summed E-state index contributed by atoms with van der Waals surface area (Å²) in [6.45, 7) is 2.21. The molecule has 1 amide bonds. The molecule has 2 aromatic heterocycles. The van der Waals surface area contributed by atoms with Gasteiger partial charge in [0.2, 0.25) is 0 Å². The van der Waals surface area contributed by atoms with E-state index in [9.17, 15) is 18.0 Å². The van der Waals surface area contributed by atoms with E-state index in [2.05, 4.69) is 4.98 Å². The molecule has 0 unspecified atom stereocenters. The van der Waals surface area contributed by atoms with Crippen molar-refractivity contribution in [1.82, 2.24) is 9.88 Å². The summed E-state index contributed by atoms with van der Waals surface area (Å²) in [5.74, 6) is 0.381. The fourth-order valence-electron chi connectivity index (χ4n) is 2.66. The minimum Gasteiger partial charge on any atom is -0.472 e. The summed E-state index contributed by atoms with van der Waals surface area (Å²) >= 11 is 0. The highest BCUT2D eigenvalue weighted by molar-refractivity contribution is 5.93. The van der Waals surface area contributed by atoms with E-state index in [4.69, 9.17) is 4.42 Å². The lowest BCUT2D eigenvalue weighted by Crippen LogP contribution is -2.35. The van der Waals surface area contributed by atoms with Gasteiger partial charge in [0.1, 0.15) is 12.1 Å². The Morgan fingerprint density at radius 2 is 1.96 bits per heavy atom. The molecule has 0 aromatic carbocycles. The minimum absolute atomic E-state index is 0.106. The summed E-state index contributed by atoms with van der Waals surface area (Å²) in [5, 5.41) is 0. The summed E-state index contributed by atoms with van der Waals surface area (Å²) < 4.78 is 42.7. The molecule has 0 saturated carbocycles. The zero-order valence-electron chi connectivity index (χ0n) is 12.8. The van der Waals surface area contributed by atoms with Crippen LogP contribution in [-0.2, 0) is 6.18 Å². The van der Waals surface area contributed by atoms with Crippen LogP contribution < -0.4 is 4.90 Å². The van der Waals surface area contributed by atoms with Crippen LogP contribution in [0.25, 0.3) is 0 Å². The second-order valence-corrected chi connectivity index (χ2v) is 5.55. The molecule has 2 aromatic rings. The zero-order chi connectivity index (χ0) is 17.2. The number of halogens is 3. The molecule has 3 heterocycles. The first-order valence-corrected chi connectivity index (χ1v) is 7.55. The smallest absolute Gasteiger partial charge is 0.417 e. The van der Waals surface area contributed by atoms with Crippen molar-refractivity contribution < 1.29 is 22.4 Å². The number of carbonyl (C=O) groups excluding carboxylic acids is 1. The third-order valence-corrected chi connectivity index (χ3v) is 3.95. The number of anilines is 1. The lowest BCUT2D eigenvalue weighted by atomic mass is 10.2. The number of nitrogens with zero attached hydrogens (tertiary/aromatic N) is 3. The summed E-state index contributed by atoms with van der Waals surface area (Å²) in [6.07, 6.45) is 0.0188. The predicted octanol–water partition coefficient (Wildman–Crippen LogP) is 3.05. The fourth-order valence-corrected chi connectivity index (χ4v) is 2.66. The molecule has 0 bridgehead atoms. The Kier molecular flexibility index (Phi) is 4.46. The molecule has 0 aliphatic carbocycles. The average molecular weight is 339 g/mol. The van der Waals surface area contributed by atoms with Gasteiger partial charge in [-0.3, -0.25) is 4.79 Å². The van der Waals surface area contributed by atoms with E-state index in [1.54, 1.807) is 11.0 Å². The highest BCUT2D eigenvalue weighted by Crippen LogP contribution is 2.29. The molecule has 1 aliphatic heterocycles. The number of alkyl halides is 3. The third-order valence-electron chi connectivity index (χ3n) is 3.95. The van der Waals surface area contributed by atoms with Gasteiger partial charge in [0, 0.05) is 32.4 Å². The summed E-state index contributed by atoms with van der Waals surface area (Å²) in [4.78, 5) is 19.8. The minimum atomic E-state index is -4.39. The molecule has 0 atom stereocenters. The van der Waals surface area contributed by atoms with E-state index in [0.717, 1.165) is 12.3 Å². The van der Waals surface area contributed by atoms with Crippen molar-refractivity contribution >= 4 is 11.7 Å². The number of furan rings is 1. The first-order chi connectivity index (χ1) is 11.4. The monoisotopic (exact) mass is 339 g/mol. The van der Waals surface area contributed by atoms with Crippen LogP contribution in [0.3, 0.4) is 0 Å². The molecule has 128 valence electrons. The number of aromatic nitrogens is 1. The zero-order valence-corrected chi connectivity index (χ0v) is 12.8. The first kappa shape index (κ1) is 16.4. The van der Waals surface area contributed by atoms with Crippen LogP contribution in [0.5, 0.6) is 0 Å². The van der Waals surface area contributed by atoms with Crippen LogP contribution in [-0.4, -0.2) is 42.0 Å². The largest absolute Gasteiger partial charge is 0.472 e. The quantitative estimate of drug-likeness (QED) is 0.844. The van der Waals surface area contributed by atoms with Crippen LogP contribution in [0.15, 0.2) is 41.3 Å². The molecule has 0 N–H and O–H groups in total. The van der Waals surface area contributed by atoms with Crippen molar-refractivity contribution in [2.75, 3.05) is 31.1 Å². The van der Waals surface area contributed by atoms with Crippen LogP contribution in [0, 0.1) is 0 Å². The van der Waals surface area contributed by atoms with Crippen molar-refractivity contribution in [2.24, 2.45) is 0 Å². The Balaban J connectivity index is 1.66. The highest BCUT2D eigenvalue weighted by atomic mass is 19.4. The predicted molar refractivity (Wildman–Crippen MR) is 80.7 cm³/mol. The molecule has 1 aliphatic rings. The third kappa shape index (κ3) is 3.52. The molecule has 1 saturated heterocycles. The van der Waals surface area contributed by atoms with E-state index >= 15 is 0 Å². The van der Waals surface area contributed by atoms with E-state index < -0.39 is 11.7 Å². The van der Waals surface area contributed by atoms with Gasteiger partial charge in [0.05, 0.1) is 17.4 Å². The van der Waals surface area contributed by atoms with Crippen LogP contribution >= 0.6 is 0 Å². The van der Waals surface area contributed by atoms with Crippen molar-refractivity contribution in [3.8, 4) is 0 Å². The molecule has 1 fully saturated rings. The molecule has 3 rings (SSSR count). The highest BCUT2D eigenvalue weighted by Gasteiger charge is 2.31. The number of pyridine rings is 1. The first-order valence-electron chi connectivity index (χ1n) is 7.55. The maximum Gasteiger partial charge on any atom is 0.417 e. The maximum absolute atomic E-state index is 12.6. The van der Waals surface area contributed by atoms with E-state index in [-0.39, 0.29) is 5.91 Å². The van der Waals surface area contributed by atoms with Crippen molar-refractivity contribution in [1.29, 1.82) is 0 Å². The molecular formula is C16H16F3N3O2.